The van der Waals surface area contributed by atoms with Gasteiger partial charge in [-0.05, 0) is 87.0 Å². The van der Waals surface area contributed by atoms with E-state index in [9.17, 15) is 0 Å². The third-order valence-corrected chi connectivity index (χ3v) is 9.51. The molecule has 1 aliphatic rings. The van der Waals surface area contributed by atoms with E-state index < -0.39 is 5.41 Å². The largest absolute Gasteiger partial charge is 0.436 e. The van der Waals surface area contributed by atoms with Crippen molar-refractivity contribution in [1.29, 1.82) is 5.41 Å². The van der Waals surface area contributed by atoms with E-state index in [1.165, 1.54) is 27.8 Å². The molecule has 0 radical (unpaired) electrons. The topological polar surface area (TPSA) is 78.0 Å². The molecular formula is C44H30N4O. The van der Waals surface area contributed by atoms with Gasteiger partial charge in [-0.15, -0.1) is 0 Å². The van der Waals surface area contributed by atoms with Crippen molar-refractivity contribution in [2.75, 3.05) is 0 Å². The minimum Gasteiger partial charge on any atom is -0.436 e. The Kier molecular flexibility index (Phi) is 6.76. The van der Waals surface area contributed by atoms with Crippen LogP contribution in [0.1, 0.15) is 27.8 Å². The van der Waals surface area contributed by atoms with E-state index in [4.69, 9.17) is 14.8 Å². The maximum atomic E-state index is 8.57. The Morgan fingerprint density at radius 3 is 2.10 bits per heavy atom. The minimum atomic E-state index is -0.587. The molecular weight excluding hydrogens is 601 g/mol. The molecule has 49 heavy (non-hydrogen) atoms. The Bertz CT molecular complexity index is 2550. The van der Waals surface area contributed by atoms with Crippen LogP contribution in [0.5, 0.6) is 0 Å². The number of aromatic nitrogens is 2. The van der Waals surface area contributed by atoms with E-state index in [0.29, 0.717) is 11.4 Å². The van der Waals surface area contributed by atoms with Gasteiger partial charge in [-0.25, -0.2) is 9.98 Å². The fourth-order valence-corrected chi connectivity index (χ4v) is 7.26. The number of nitrogens with zero attached hydrogens (tertiary/aromatic N) is 2. The van der Waals surface area contributed by atoms with Crippen LogP contribution in [0, 0.1) is 5.41 Å². The number of H-pyrrole nitrogens is 1. The molecule has 1 atom stereocenters. The second kappa shape index (κ2) is 11.6. The third kappa shape index (κ3) is 4.75. The SMILES string of the molecule is N=C(/N=c1/cccc[nH]1)c1ccc(-c2ccc3c(c2)C(c2ccccc2)(c2ccc4oc(-c5ccccc5)nc4c2)c2ccccc2-3)cc1. The molecule has 0 saturated carbocycles. The summed E-state index contributed by atoms with van der Waals surface area (Å²) in [6.07, 6.45) is 1.81. The minimum absolute atomic E-state index is 0.208. The molecule has 2 N–H and O–H groups in total. The van der Waals surface area contributed by atoms with E-state index in [0.717, 1.165) is 38.9 Å². The van der Waals surface area contributed by atoms with Crippen LogP contribution in [0.25, 0.3) is 44.8 Å². The van der Waals surface area contributed by atoms with Crippen LogP contribution >= 0.6 is 0 Å². The summed E-state index contributed by atoms with van der Waals surface area (Å²) < 4.78 is 6.25. The highest BCUT2D eigenvalue weighted by Crippen LogP contribution is 2.57. The zero-order chi connectivity index (χ0) is 32.8. The van der Waals surface area contributed by atoms with Crippen molar-refractivity contribution in [2.24, 2.45) is 4.99 Å². The summed E-state index contributed by atoms with van der Waals surface area (Å²) in [5.74, 6) is 0.822. The van der Waals surface area contributed by atoms with Gasteiger partial charge >= 0.3 is 0 Å². The van der Waals surface area contributed by atoms with Crippen LogP contribution in [0.2, 0.25) is 0 Å². The van der Waals surface area contributed by atoms with Gasteiger partial charge in [0.15, 0.2) is 11.4 Å². The zero-order valence-corrected chi connectivity index (χ0v) is 26.5. The van der Waals surface area contributed by atoms with Crippen LogP contribution in [0.4, 0.5) is 0 Å². The molecule has 0 fully saturated rings. The molecule has 232 valence electrons. The second-order valence-electron chi connectivity index (χ2n) is 12.3. The molecule has 1 unspecified atom stereocenters. The van der Waals surface area contributed by atoms with Crippen molar-refractivity contribution in [2.45, 2.75) is 5.41 Å². The quantitative estimate of drug-likeness (QED) is 0.147. The molecule has 1 aliphatic carbocycles. The number of fused-ring (bicyclic) bond motifs is 4. The predicted octanol–water partition coefficient (Wildman–Crippen LogP) is 9.78. The summed E-state index contributed by atoms with van der Waals surface area (Å²) in [6.45, 7) is 0. The summed E-state index contributed by atoms with van der Waals surface area (Å²) >= 11 is 0. The molecule has 6 aromatic carbocycles. The van der Waals surface area contributed by atoms with Crippen molar-refractivity contribution in [3.8, 4) is 33.7 Å². The summed E-state index contributed by atoms with van der Waals surface area (Å²) in [6, 6.07) is 56.6. The number of amidine groups is 1. The summed E-state index contributed by atoms with van der Waals surface area (Å²) in [7, 11) is 0. The molecule has 0 spiro atoms. The highest BCUT2D eigenvalue weighted by molar-refractivity contribution is 5.97. The number of aromatic amines is 1. The van der Waals surface area contributed by atoms with Crippen molar-refractivity contribution >= 4 is 16.9 Å². The molecule has 0 aliphatic heterocycles. The summed E-state index contributed by atoms with van der Waals surface area (Å²) in [4.78, 5) is 12.5. The molecule has 8 aromatic rings. The van der Waals surface area contributed by atoms with Gasteiger partial charge in [0.25, 0.3) is 0 Å². The van der Waals surface area contributed by atoms with Gasteiger partial charge in [0, 0.05) is 17.3 Å². The highest BCUT2D eigenvalue weighted by Gasteiger charge is 2.46. The smallest absolute Gasteiger partial charge is 0.227 e. The van der Waals surface area contributed by atoms with Gasteiger partial charge < -0.3 is 9.40 Å². The maximum Gasteiger partial charge on any atom is 0.227 e. The van der Waals surface area contributed by atoms with Crippen molar-refractivity contribution in [1.82, 2.24) is 9.97 Å². The average molecular weight is 631 g/mol. The number of nitrogens with one attached hydrogen (secondary N) is 2. The molecule has 9 rings (SSSR count). The number of rotatable bonds is 5. The first kappa shape index (κ1) is 28.6. The number of hydrogen-bond donors (Lipinski definition) is 2. The van der Waals surface area contributed by atoms with Gasteiger partial charge in [0.1, 0.15) is 11.0 Å². The maximum absolute atomic E-state index is 8.57. The lowest BCUT2D eigenvalue weighted by molar-refractivity contribution is 0.619. The first-order valence-corrected chi connectivity index (χ1v) is 16.3. The van der Waals surface area contributed by atoms with Gasteiger partial charge in [0.05, 0.1) is 5.41 Å². The second-order valence-corrected chi connectivity index (χ2v) is 12.3. The number of benzene rings is 6. The fourth-order valence-electron chi connectivity index (χ4n) is 7.26. The Balaban J connectivity index is 1.21. The van der Waals surface area contributed by atoms with Gasteiger partial charge in [-0.1, -0.05) is 121 Å². The molecule has 5 heteroatoms. The van der Waals surface area contributed by atoms with Crippen molar-refractivity contribution in [3.63, 3.8) is 0 Å². The van der Waals surface area contributed by atoms with Crippen molar-refractivity contribution in [3.05, 3.63) is 203 Å². The van der Waals surface area contributed by atoms with E-state index in [1.54, 1.807) is 0 Å². The van der Waals surface area contributed by atoms with E-state index in [1.807, 2.05) is 66.9 Å². The zero-order valence-electron chi connectivity index (χ0n) is 26.5. The first-order valence-electron chi connectivity index (χ1n) is 16.3. The van der Waals surface area contributed by atoms with E-state index in [-0.39, 0.29) is 5.84 Å². The lowest BCUT2D eigenvalue weighted by Crippen LogP contribution is -2.28. The lowest BCUT2D eigenvalue weighted by Gasteiger charge is -2.34. The Hall–Kier alpha value is -6.59. The summed E-state index contributed by atoms with van der Waals surface area (Å²) in [5.41, 5.74) is 12.7. The molecule has 0 bridgehead atoms. The Morgan fingerprint density at radius 2 is 1.31 bits per heavy atom. The normalized spacial score (nSPS) is 15.2. The molecule has 5 nitrogen and oxygen atoms in total. The number of oxazole rings is 1. The number of pyridine rings is 1. The standard InChI is InChI=1S/C44H30N4O/c45-42(48-41-17-9-10-26-46-41)30-20-18-29(19-21-30)32-22-24-36-35-15-7-8-16-37(35)44(38(36)27-32,33-13-5-2-6-14-33)34-23-25-40-39(28-34)47-43(49-40)31-11-3-1-4-12-31/h1-28H,(H2,45,46,48). The highest BCUT2D eigenvalue weighted by atomic mass is 16.3. The van der Waals surface area contributed by atoms with E-state index >= 15 is 0 Å². The Labute approximate surface area is 283 Å². The van der Waals surface area contributed by atoms with Crippen LogP contribution in [0.15, 0.2) is 179 Å². The van der Waals surface area contributed by atoms with Crippen LogP contribution in [-0.2, 0) is 5.41 Å². The third-order valence-electron chi connectivity index (χ3n) is 9.51. The first-order chi connectivity index (χ1) is 24.2. The Morgan fingerprint density at radius 1 is 0.592 bits per heavy atom. The van der Waals surface area contributed by atoms with Crippen molar-refractivity contribution < 1.29 is 4.42 Å². The van der Waals surface area contributed by atoms with Gasteiger partial charge in [-0.2, -0.15) is 0 Å². The summed E-state index contributed by atoms with van der Waals surface area (Å²) in [5, 5.41) is 8.57. The number of hydrogen-bond acceptors (Lipinski definition) is 3. The van der Waals surface area contributed by atoms with E-state index in [2.05, 4.69) is 113 Å². The average Bonchev–Trinajstić information content (AvgIpc) is 3.73. The van der Waals surface area contributed by atoms with Gasteiger partial charge in [-0.3, -0.25) is 5.41 Å². The molecule has 0 amide bonds. The fraction of sp³-hybridized carbons (Fsp3) is 0.0227. The molecule has 2 aromatic heterocycles. The van der Waals surface area contributed by atoms with Crippen LogP contribution < -0.4 is 5.49 Å². The lowest BCUT2D eigenvalue weighted by atomic mass is 9.67. The van der Waals surface area contributed by atoms with Crippen LogP contribution in [0.3, 0.4) is 0 Å². The molecule has 0 saturated heterocycles. The van der Waals surface area contributed by atoms with Gasteiger partial charge in [0.2, 0.25) is 5.89 Å². The predicted molar refractivity (Wildman–Crippen MR) is 195 cm³/mol. The molecule has 2 heterocycles. The monoisotopic (exact) mass is 630 g/mol. The van der Waals surface area contributed by atoms with Crippen LogP contribution in [-0.4, -0.2) is 15.8 Å².